The van der Waals surface area contributed by atoms with Crippen LogP contribution in [0.5, 0.6) is 0 Å². The number of pyridine rings is 1. The van der Waals surface area contributed by atoms with E-state index in [1.807, 2.05) is 0 Å². The Bertz CT molecular complexity index is 1090. The molecule has 2 N–H and O–H groups in total. The van der Waals surface area contributed by atoms with E-state index in [9.17, 15) is 13.2 Å². The molecule has 0 aliphatic carbocycles. The molecule has 26 heavy (non-hydrogen) atoms. The highest BCUT2D eigenvalue weighted by Crippen LogP contribution is 2.32. The summed E-state index contributed by atoms with van der Waals surface area (Å²) < 4.78 is 38.4. The van der Waals surface area contributed by atoms with E-state index in [0.29, 0.717) is 33.0 Å². The minimum Gasteiger partial charge on any atom is -0.337 e. The number of nitrogens with zero attached hydrogens (tertiary/aromatic N) is 3. The third-order valence-electron chi connectivity index (χ3n) is 3.54. The van der Waals surface area contributed by atoms with Crippen LogP contribution in [0.1, 0.15) is 5.56 Å². The first kappa shape index (κ1) is 16.8. The van der Waals surface area contributed by atoms with Gasteiger partial charge in [-0.2, -0.15) is 13.2 Å². The molecule has 3 heterocycles. The van der Waals surface area contributed by atoms with E-state index in [2.05, 4.69) is 25.3 Å². The number of thiazole rings is 1. The maximum Gasteiger partial charge on any atom is 0.416 e. The number of anilines is 2. The molecule has 0 aliphatic rings. The van der Waals surface area contributed by atoms with Crippen LogP contribution in [0, 0.1) is 0 Å². The molecule has 0 aliphatic heterocycles. The van der Waals surface area contributed by atoms with Gasteiger partial charge in [0.2, 0.25) is 0 Å². The highest BCUT2D eigenvalue weighted by Gasteiger charge is 2.30. The molecule has 132 valence electrons. The van der Waals surface area contributed by atoms with Gasteiger partial charge in [-0.3, -0.25) is 0 Å². The van der Waals surface area contributed by atoms with Gasteiger partial charge in [-0.15, -0.1) is 11.3 Å². The largest absolute Gasteiger partial charge is 0.416 e. The smallest absolute Gasteiger partial charge is 0.337 e. The van der Waals surface area contributed by atoms with Crippen LogP contribution in [0.3, 0.4) is 0 Å². The maximum absolute atomic E-state index is 12.8. The van der Waals surface area contributed by atoms with Crippen molar-refractivity contribution >= 4 is 44.9 Å². The van der Waals surface area contributed by atoms with Gasteiger partial charge in [-0.1, -0.05) is 11.6 Å². The van der Waals surface area contributed by atoms with Crippen LogP contribution in [0.25, 0.3) is 22.6 Å². The number of hydrogen-bond donors (Lipinski definition) is 2. The fraction of sp³-hybridized carbons (Fsp3) is 0.0625. The Morgan fingerprint density at radius 2 is 2.00 bits per heavy atom. The third-order valence-corrected chi connectivity index (χ3v) is 4.60. The van der Waals surface area contributed by atoms with E-state index >= 15 is 0 Å². The number of halogens is 4. The Labute approximate surface area is 153 Å². The number of aromatic amines is 1. The lowest BCUT2D eigenvalue weighted by atomic mass is 10.2. The summed E-state index contributed by atoms with van der Waals surface area (Å²) in [6.07, 6.45) is -2.81. The maximum atomic E-state index is 12.8. The standard InChI is InChI=1S/C16H9ClF3N5S/c17-9-2-1-5-21-13(9)25-15-24-12(7-26-15)14-22-10-4-3-8(16(18,19)20)6-11(10)23-14/h1-7H,(H,22,23)(H,21,24,25). The molecule has 4 aromatic rings. The van der Waals surface area contributed by atoms with E-state index in [-0.39, 0.29) is 5.52 Å². The minimum absolute atomic E-state index is 0.227. The SMILES string of the molecule is FC(F)(F)c1ccc2[nH]c(-c3csc(Nc4ncccc4Cl)n3)nc2c1. The number of nitrogens with one attached hydrogen (secondary N) is 2. The average molecular weight is 396 g/mol. The molecule has 5 nitrogen and oxygen atoms in total. The molecule has 0 atom stereocenters. The number of rotatable bonds is 3. The molecule has 0 radical (unpaired) electrons. The molecule has 1 aromatic carbocycles. The van der Waals surface area contributed by atoms with Crippen LogP contribution in [0.4, 0.5) is 24.1 Å². The molecule has 0 saturated carbocycles. The van der Waals surface area contributed by atoms with Gasteiger partial charge in [-0.05, 0) is 30.3 Å². The summed E-state index contributed by atoms with van der Waals surface area (Å²) in [6, 6.07) is 6.79. The topological polar surface area (TPSA) is 66.5 Å². The summed E-state index contributed by atoms with van der Waals surface area (Å²) in [7, 11) is 0. The zero-order valence-electron chi connectivity index (χ0n) is 12.8. The van der Waals surface area contributed by atoms with E-state index in [4.69, 9.17) is 11.6 Å². The van der Waals surface area contributed by atoms with Crippen molar-refractivity contribution in [2.75, 3.05) is 5.32 Å². The molecule has 0 amide bonds. The molecule has 3 aromatic heterocycles. The molecule has 0 saturated heterocycles. The lowest BCUT2D eigenvalue weighted by Crippen LogP contribution is -2.04. The number of hydrogen-bond acceptors (Lipinski definition) is 5. The fourth-order valence-electron chi connectivity index (χ4n) is 2.32. The first-order valence-electron chi connectivity index (χ1n) is 7.30. The molecule has 4 rings (SSSR count). The van der Waals surface area contributed by atoms with E-state index in [0.717, 1.165) is 12.1 Å². The van der Waals surface area contributed by atoms with Gasteiger partial charge >= 0.3 is 6.18 Å². The van der Waals surface area contributed by atoms with Crippen molar-refractivity contribution in [1.82, 2.24) is 19.9 Å². The van der Waals surface area contributed by atoms with Crippen molar-refractivity contribution in [3.8, 4) is 11.5 Å². The second-order valence-corrected chi connectivity index (χ2v) is 6.58. The van der Waals surface area contributed by atoms with Gasteiger partial charge in [-0.25, -0.2) is 15.0 Å². The normalized spacial score (nSPS) is 11.8. The Morgan fingerprint density at radius 1 is 1.15 bits per heavy atom. The van der Waals surface area contributed by atoms with Crippen molar-refractivity contribution < 1.29 is 13.2 Å². The molecule has 0 unspecified atom stereocenters. The summed E-state index contributed by atoms with van der Waals surface area (Å²) in [5.74, 6) is 0.852. The van der Waals surface area contributed by atoms with Crippen molar-refractivity contribution in [1.29, 1.82) is 0 Å². The minimum atomic E-state index is -4.41. The number of alkyl halides is 3. The summed E-state index contributed by atoms with van der Waals surface area (Å²) in [5, 5.41) is 5.73. The monoisotopic (exact) mass is 395 g/mol. The zero-order valence-corrected chi connectivity index (χ0v) is 14.4. The lowest BCUT2D eigenvalue weighted by Gasteiger charge is -2.04. The Balaban J connectivity index is 1.64. The number of aromatic nitrogens is 4. The Hall–Kier alpha value is -2.65. The molecule has 0 spiro atoms. The predicted octanol–water partition coefficient (Wildman–Crippen LogP) is 5.50. The van der Waals surface area contributed by atoms with Crippen LogP contribution in [0.2, 0.25) is 5.02 Å². The molecular formula is C16H9ClF3N5S. The van der Waals surface area contributed by atoms with Crippen molar-refractivity contribution in [2.45, 2.75) is 6.18 Å². The van der Waals surface area contributed by atoms with Crippen molar-refractivity contribution in [3.05, 3.63) is 52.5 Å². The summed E-state index contributed by atoms with van der Waals surface area (Å²) >= 11 is 7.35. The van der Waals surface area contributed by atoms with E-state index in [1.165, 1.54) is 17.4 Å². The molecule has 0 fully saturated rings. The van der Waals surface area contributed by atoms with Gasteiger partial charge in [0.25, 0.3) is 0 Å². The number of H-pyrrole nitrogens is 1. The van der Waals surface area contributed by atoms with Crippen LogP contribution in [-0.4, -0.2) is 19.9 Å². The van der Waals surface area contributed by atoms with Crippen molar-refractivity contribution in [2.24, 2.45) is 0 Å². The average Bonchev–Trinajstić information content (AvgIpc) is 3.21. The van der Waals surface area contributed by atoms with Gasteiger partial charge in [0, 0.05) is 11.6 Å². The van der Waals surface area contributed by atoms with Gasteiger partial charge < -0.3 is 10.3 Å². The predicted molar refractivity (Wildman–Crippen MR) is 94.7 cm³/mol. The van der Waals surface area contributed by atoms with E-state index in [1.54, 1.807) is 23.7 Å². The van der Waals surface area contributed by atoms with Crippen LogP contribution >= 0.6 is 22.9 Å². The summed E-state index contributed by atoms with van der Waals surface area (Å²) in [6.45, 7) is 0. The summed E-state index contributed by atoms with van der Waals surface area (Å²) in [4.78, 5) is 15.7. The zero-order chi connectivity index (χ0) is 18.3. The van der Waals surface area contributed by atoms with Gasteiger partial charge in [0.1, 0.15) is 5.69 Å². The van der Waals surface area contributed by atoms with Crippen molar-refractivity contribution in [3.63, 3.8) is 0 Å². The lowest BCUT2D eigenvalue weighted by molar-refractivity contribution is -0.137. The second kappa shape index (κ2) is 6.26. The Morgan fingerprint density at radius 3 is 2.77 bits per heavy atom. The van der Waals surface area contributed by atoms with Crippen LogP contribution in [-0.2, 0) is 6.18 Å². The first-order chi connectivity index (χ1) is 12.4. The fourth-order valence-corrected chi connectivity index (χ4v) is 3.19. The number of benzene rings is 1. The second-order valence-electron chi connectivity index (χ2n) is 5.31. The molecule has 0 bridgehead atoms. The number of fused-ring (bicyclic) bond motifs is 1. The Kier molecular flexibility index (Phi) is 4.04. The van der Waals surface area contributed by atoms with Gasteiger partial charge in [0.05, 0.1) is 21.6 Å². The van der Waals surface area contributed by atoms with E-state index < -0.39 is 11.7 Å². The van der Waals surface area contributed by atoms with Gasteiger partial charge in [0.15, 0.2) is 16.8 Å². The number of imidazole rings is 1. The quantitative estimate of drug-likeness (QED) is 0.481. The highest BCUT2D eigenvalue weighted by molar-refractivity contribution is 7.14. The molecule has 10 heteroatoms. The summed E-state index contributed by atoms with van der Waals surface area (Å²) in [5.41, 5.74) is 0.496. The van der Waals surface area contributed by atoms with Crippen LogP contribution in [0.15, 0.2) is 41.9 Å². The highest BCUT2D eigenvalue weighted by atomic mass is 35.5. The first-order valence-corrected chi connectivity index (χ1v) is 8.56. The third kappa shape index (κ3) is 3.23. The molecular weight excluding hydrogens is 387 g/mol. The van der Waals surface area contributed by atoms with Crippen LogP contribution < -0.4 is 5.32 Å².